The molecule has 0 saturated carbocycles. The van der Waals surface area contributed by atoms with E-state index < -0.39 is 22.8 Å². The smallest absolute Gasteiger partial charge is 0.249 e. The van der Waals surface area contributed by atoms with Crippen molar-refractivity contribution in [2.45, 2.75) is 43.0 Å². The molecular formula is C19H19N4O3S-. The van der Waals surface area contributed by atoms with Crippen LogP contribution >= 0.6 is 11.8 Å². The molecule has 1 aromatic heterocycles. The van der Waals surface area contributed by atoms with Gasteiger partial charge in [0.1, 0.15) is 23.1 Å². The summed E-state index contributed by atoms with van der Waals surface area (Å²) in [5.74, 6) is -0.319. The monoisotopic (exact) mass is 383 g/mol. The lowest BCUT2D eigenvalue weighted by Crippen LogP contribution is -2.69. The SMILES string of the molecule is Cc1nc(N[C@@H]2C(=O)N3[C@@H]2SC(C)(C)[C@H]3C(=O)[O-])cc(-c2ccccc2)n1. The highest BCUT2D eigenvalue weighted by molar-refractivity contribution is 8.01. The number of aliphatic carboxylic acids is 1. The van der Waals surface area contributed by atoms with Crippen LogP contribution in [0.25, 0.3) is 11.3 Å². The van der Waals surface area contributed by atoms with Gasteiger partial charge in [-0.2, -0.15) is 0 Å². The van der Waals surface area contributed by atoms with E-state index in [0.29, 0.717) is 11.6 Å². The Morgan fingerprint density at radius 2 is 1.96 bits per heavy atom. The fourth-order valence-electron chi connectivity index (χ4n) is 3.68. The van der Waals surface area contributed by atoms with E-state index in [1.807, 2.05) is 44.2 Å². The number of carboxylic acid groups (broad SMARTS) is 1. The van der Waals surface area contributed by atoms with Crippen molar-refractivity contribution in [3.8, 4) is 11.3 Å². The maximum absolute atomic E-state index is 12.6. The molecule has 27 heavy (non-hydrogen) atoms. The summed E-state index contributed by atoms with van der Waals surface area (Å²) < 4.78 is -0.605. The summed E-state index contributed by atoms with van der Waals surface area (Å²) in [5, 5.41) is 14.4. The highest BCUT2D eigenvalue weighted by Crippen LogP contribution is 2.51. The molecule has 0 spiro atoms. The van der Waals surface area contributed by atoms with Crippen LogP contribution in [0.3, 0.4) is 0 Å². The van der Waals surface area contributed by atoms with Crippen molar-refractivity contribution in [1.29, 1.82) is 0 Å². The van der Waals surface area contributed by atoms with Crippen LogP contribution in [0.4, 0.5) is 5.82 Å². The second kappa shape index (κ2) is 6.23. The van der Waals surface area contributed by atoms with Gasteiger partial charge >= 0.3 is 0 Å². The van der Waals surface area contributed by atoms with Gasteiger partial charge in [-0.1, -0.05) is 30.3 Å². The summed E-state index contributed by atoms with van der Waals surface area (Å²) in [6, 6.07) is 10.1. The summed E-state index contributed by atoms with van der Waals surface area (Å²) in [5.41, 5.74) is 1.72. The highest BCUT2D eigenvalue weighted by Gasteiger charge is 2.61. The average molecular weight is 383 g/mol. The van der Waals surface area contributed by atoms with E-state index in [2.05, 4.69) is 15.3 Å². The lowest BCUT2D eigenvalue weighted by molar-refractivity contribution is -0.312. The molecular weight excluding hydrogens is 364 g/mol. The van der Waals surface area contributed by atoms with Crippen molar-refractivity contribution in [3.05, 3.63) is 42.2 Å². The quantitative estimate of drug-likeness (QED) is 0.788. The van der Waals surface area contributed by atoms with E-state index in [1.54, 1.807) is 13.0 Å². The number of aryl methyl sites for hydroxylation is 1. The number of aromatic nitrogens is 2. The van der Waals surface area contributed by atoms with E-state index >= 15 is 0 Å². The van der Waals surface area contributed by atoms with Gasteiger partial charge in [0.25, 0.3) is 0 Å². The normalized spacial score (nSPS) is 25.7. The number of nitrogens with zero attached hydrogens (tertiary/aromatic N) is 3. The Balaban J connectivity index is 1.59. The molecule has 0 radical (unpaired) electrons. The first-order valence-corrected chi connectivity index (χ1v) is 9.54. The van der Waals surface area contributed by atoms with Crippen LogP contribution in [0.15, 0.2) is 36.4 Å². The third kappa shape index (κ3) is 2.93. The molecule has 2 aliphatic heterocycles. The van der Waals surface area contributed by atoms with E-state index in [4.69, 9.17) is 0 Å². The van der Waals surface area contributed by atoms with Crippen LogP contribution in [-0.2, 0) is 9.59 Å². The molecule has 2 aromatic rings. The second-order valence-electron chi connectivity index (χ2n) is 7.25. The van der Waals surface area contributed by atoms with E-state index in [0.717, 1.165) is 11.3 Å². The van der Waals surface area contributed by atoms with Crippen molar-refractivity contribution in [1.82, 2.24) is 14.9 Å². The number of carbonyl (C=O) groups excluding carboxylic acids is 2. The first-order chi connectivity index (χ1) is 12.8. The van der Waals surface area contributed by atoms with Gasteiger partial charge in [-0.3, -0.25) is 4.79 Å². The van der Waals surface area contributed by atoms with Gasteiger partial charge in [-0.25, -0.2) is 9.97 Å². The topological polar surface area (TPSA) is 98.2 Å². The van der Waals surface area contributed by atoms with E-state index in [9.17, 15) is 14.7 Å². The Morgan fingerprint density at radius 3 is 2.63 bits per heavy atom. The van der Waals surface area contributed by atoms with Crippen molar-refractivity contribution < 1.29 is 14.7 Å². The molecule has 3 heterocycles. The van der Waals surface area contributed by atoms with Crippen LogP contribution in [0.5, 0.6) is 0 Å². The number of amides is 1. The maximum atomic E-state index is 12.6. The number of carboxylic acids is 1. The van der Waals surface area contributed by atoms with Gasteiger partial charge in [-0.15, -0.1) is 11.8 Å². The molecule has 1 N–H and O–H groups in total. The van der Waals surface area contributed by atoms with Crippen LogP contribution < -0.4 is 10.4 Å². The summed E-state index contributed by atoms with van der Waals surface area (Å²) >= 11 is 1.47. The fraction of sp³-hybridized carbons (Fsp3) is 0.368. The summed E-state index contributed by atoms with van der Waals surface area (Å²) in [4.78, 5) is 34.4. The van der Waals surface area contributed by atoms with Gasteiger partial charge in [0.15, 0.2) is 0 Å². The standard InChI is InChI=1S/C19H20N4O3S/c1-10-20-12(11-7-5-4-6-8-11)9-13(21-10)22-14-16(24)23-15(18(25)26)19(2,3)27-17(14)23/h4-9,14-15,17H,1-3H3,(H,25,26)(H,20,21,22)/p-1/t14-,15-,17-/m1/s1. The molecule has 140 valence electrons. The number of nitrogens with one attached hydrogen (secondary N) is 1. The Kier molecular flexibility index (Phi) is 4.10. The highest BCUT2D eigenvalue weighted by atomic mass is 32.2. The maximum Gasteiger partial charge on any atom is 0.249 e. The molecule has 1 aromatic carbocycles. The van der Waals surface area contributed by atoms with Crippen LogP contribution in [0.1, 0.15) is 19.7 Å². The molecule has 1 amide bonds. The third-order valence-corrected chi connectivity index (χ3v) is 6.45. The zero-order valence-corrected chi connectivity index (χ0v) is 16.0. The summed E-state index contributed by atoms with van der Waals surface area (Å²) in [7, 11) is 0. The van der Waals surface area contributed by atoms with E-state index in [-0.39, 0.29) is 11.3 Å². The molecule has 7 nitrogen and oxygen atoms in total. The lowest BCUT2D eigenvalue weighted by Gasteiger charge is -2.45. The molecule has 8 heteroatoms. The average Bonchev–Trinajstić information content (AvgIpc) is 2.88. The van der Waals surface area contributed by atoms with Gasteiger partial charge in [-0.05, 0) is 20.8 Å². The minimum absolute atomic E-state index is 0.246. The largest absolute Gasteiger partial charge is 0.548 e. The Morgan fingerprint density at radius 1 is 1.26 bits per heavy atom. The van der Waals surface area contributed by atoms with E-state index in [1.165, 1.54) is 16.7 Å². The number of benzene rings is 1. The first-order valence-electron chi connectivity index (χ1n) is 8.66. The Labute approximate surface area is 161 Å². The number of anilines is 1. The second-order valence-corrected chi connectivity index (χ2v) is 9.02. The summed E-state index contributed by atoms with van der Waals surface area (Å²) in [6.07, 6.45) is 0. The number of fused-ring (bicyclic) bond motifs is 1. The van der Waals surface area contributed by atoms with Crippen molar-refractivity contribution in [2.75, 3.05) is 5.32 Å². The molecule has 0 aliphatic carbocycles. The number of hydrogen-bond donors (Lipinski definition) is 1. The number of carbonyl (C=O) groups is 2. The molecule has 2 fully saturated rings. The predicted octanol–water partition coefficient (Wildman–Crippen LogP) is 1.04. The third-order valence-electron chi connectivity index (χ3n) is 4.88. The van der Waals surface area contributed by atoms with Crippen LogP contribution in [0, 0.1) is 6.92 Å². The van der Waals surface area contributed by atoms with Crippen molar-refractivity contribution in [3.63, 3.8) is 0 Å². The number of thioether (sulfide) groups is 1. The number of hydrogen-bond acceptors (Lipinski definition) is 7. The molecule has 2 saturated heterocycles. The van der Waals surface area contributed by atoms with Crippen molar-refractivity contribution >= 4 is 29.5 Å². The molecule has 0 unspecified atom stereocenters. The molecule has 4 rings (SSSR count). The zero-order valence-electron chi connectivity index (χ0n) is 15.2. The van der Waals surface area contributed by atoms with Gasteiger partial charge in [0, 0.05) is 16.4 Å². The zero-order chi connectivity index (χ0) is 19.3. The number of β-lactam (4-membered cyclic amide) rings is 1. The number of rotatable bonds is 4. The van der Waals surface area contributed by atoms with Crippen LogP contribution in [-0.4, -0.2) is 48.9 Å². The molecule has 0 bridgehead atoms. The van der Waals surface area contributed by atoms with Gasteiger partial charge in [0.2, 0.25) is 5.91 Å². The first kappa shape index (κ1) is 17.8. The fourth-order valence-corrected chi connectivity index (χ4v) is 5.30. The van der Waals surface area contributed by atoms with Crippen molar-refractivity contribution in [2.24, 2.45) is 0 Å². The lowest BCUT2D eigenvalue weighted by atomic mass is 9.96. The molecule has 2 aliphatic rings. The van der Waals surface area contributed by atoms with Gasteiger partial charge < -0.3 is 20.1 Å². The Hall–Kier alpha value is -2.61. The summed E-state index contributed by atoms with van der Waals surface area (Å²) in [6.45, 7) is 5.44. The molecule has 3 atom stereocenters. The minimum atomic E-state index is -1.22. The predicted molar refractivity (Wildman–Crippen MR) is 101 cm³/mol. The van der Waals surface area contributed by atoms with Gasteiger partial charge in [0.05, 0.1) is 17.7 Å². The minimum Gasteiger partial charge on any atom is -0.548 e. The van der Waals surface area contributed by atoms with Crippen LogP contribution in [0.2, 0.25) is 0 Å². The Bertz CT molecular complexity index is 918.